The number of hydrogen-bond donors (Lipinski definition) is 1. The molecule has 6 nitrogen and oxygen atoms in total. The van der Waals surface area contributed by atoms with Gasteiger partial charge in [0.2, 0.25) is 5.91 Å². The molecule has 0 heterocycles. The number of amides is 1. The van der Waals surface area contributed by atoms with Crippen molar-refractivity contribution in [3.8, 4) is 5.75 Å². The molecule has 0 aromatic heterocycles. The number of rotatable bonds is 8. The largest absolute Gasteiger partial charge is 0.573 e. The molecule has 0 radical (unpaired) electrons. The first-order valence-electron chi connectivity index (χ1n) is 8.17. The fourth-order valence-corrected chi connectivity index (χ4v) is 3.13. The van der Waals surface area contributed by atoms with Crippen LogP contribution in [0.3, 0.4) is 0 Å². The van der Waals surface area contributed by atoms with Crippen LogP contribution >= 0.6 is 11.8 Å². The number of thioether (sulfide) groups is 1. The van der Waals surface area contributed by atoms with Gasteiger partial charge in [-0.3, -0.25) is 14.9 Å². The van der Waals surface area contributed by atoms with Crippen molar-refractivity contribution in [3.05, 3.63) is 64.2 Å². The van der Waals surface area contributed by atoms with Gasteiger partial charge in [0.1, 0.15) is 5.75 Å². The number of carbonyl (C=O) groups is 1. The molecule has 0 aliphatic carbocycles. The normalized spacial score (nSPS) is 12.3. The lowest BCUT2D eigenvalue weighted by Gasteiger charge is -2.12. The third-order valence-electron chi connectivity index (χ3n) is 3.60. The average molecular weight is 414 g/mol. The van der Waals surface area contributed by atoms with Crippen molar-refractivity contribution in [2.75, 3.05) is 6.54 Å². The first kappa shape index (κ1) is 21.5. The van der Waals surface area contributed by atoms with E-state index in [-0.39, 0.29) is 17.3 Å². The Balaban J connectivity index is 1.77. The van der Waals surface area contributed by atoms with Gasteiger partial charge in [-0.05, 0) is 43.2 Å². The third-order valence-corrected chi connectivity index (χ3v) is 4.71. The van der Waals surface area contributed by atoms with E-state index in [4.69, 9.17) is 0 Å². The maximum Gasteiger partial charge on any atom is 0.573 e. The standard InChI is InChI=1S/C18H17F3N2O4S/c1-12(28-16-8-4-14(5-9-16)23(25)26)17(24)22-11-10-13-2-6-15(7-3-13)27-18(19,20)21/h2-9,12H,10-11H2,1H3,(H,22,24). The number of nitro benzene ring substituents is 1. The molecule has 28 heavy (non-hydrogen) atoms. The molecular formula is C18H17F3N2O4S. The molecule has 1 N–H and O–H groups in total. The van der Waals surface area contributed by atoms with Crippen LogP contribution in [0.2, 0.25) is 0 Å². The lowest BCUT2D eigenvalue weighted by atomic mass is 10.1. The van der Waals surface area contributed by atoms with Crippen molar-refractivity contribution < 1.29 is 27.6 Å². The van der Waals surface area contributed by atoms with Crippen molar-refractivity contribution in [1.82, 2.24) is 5.32 Å². The quantitative estimate of drug-likeness (QED) is 0.395. The summed E-state index contributed by atoms with van der Waals surface area (Å²) in [6.45, 7) is 2.04. The summed E-state index contributed by atoms with van der Waals surface area (Å²) in [6.07, 6.45) is -4.28. The number of nitro groups is 1. The summed E-state index contributed by atoms with van der Waals surface area (Å²) in [5.74, 6) is -0.506. The van der Waals surface area contributed by atoms with E-state index >= 15 is 0 Å². The summed E-state index contributed by atoms with van der Waals surface area (Å²) in [4.78, 5) is 23.0. The molecule has 1 atom stereocenters. The van der Waals surface area contributed by atoms with Crippen molar-refractivity contribution >= 4 is 23.4 Å². The van der Waals surface area contributed by atoms with Crippen LogP contribution in [0.25, 0.3) is 0 Å². The minimum atomic E-state index is -4.73. The Morgan fingerprint density at radius 3 is 2.32 bits per heavy atom. The van der Waals surface area contributed by atoms with Crippen LogP contribution in [0.15, 0.2) is 53.4 Å². The number of non-ortho nitro benzene ring substituents is 1. The van der Waals surface area contributed by atoms with Crippen molar-refractivity contribution in [2.24, 2.45) is 0 Å². The van der Waals surface area contributed by atoms with E-state index in [9.17, 15) is 28.1 Å². The number of benzene rings is 2. The van der Waals surface area contributed by atoms with Gasteiger partial charge in [-0.25, -0.2) is 0 Å². The van der Waals surface area contributed by atoms with Crippen LogP contribution < -0.4 is 10.1 Å². The zero-order valence-corrected chi connectivity index (χ0v) is 15.5. The number of alkyl halides is 3. The highest BCUT2D eigenvalue weighted by atomic mass is 32.2. The van der Waals surface area contributed by atoms with E-state index in [1.54, 1.807) is 19.1 Å². The Labute approximate surface area is 163 Å². The van der Waals surface area contributed by atoms with E-state index in [0.29, 0.717) is 13.0 Å². The van der Waals surface area contributed by atoms with Crippen LogP contribution in [-0.2, 0) is 11.2 Å². The molecule has 0 fully saturated rings. The molecular weight excluding hydrogens is 397 g/mol. The molecule has 1 amide bonds. The second-order valence-corrected chi connectivity index (χ2v) is 7.16. The topological polar surface area (TPSA) is 81.5 Å². The van der Waals surface area contributed by atoms with E-state index < -0.39 is 16.5 Å². The molecule has 10 heteroatoms. The number of nitrogens with zero attached hydrogens (tertiary/aromatic N) is 1. The molecule has 2 aromatic carbocycles. The number of ether oxygens (including phenoxy) is 1. The Kier molecular flexibility index (Phi) is 7.27. The summed E-state index contributed by atoms with van der Waals surface area (Å²) >= 11 is 1.27. The summed E-state index contributed by atoms with van der Waals surface area (Å²) in [5.41, 5.74) is 0.735. The van der Waals surface area contributed by atoms with Crippen LogP contribution in [-0.4, -0.2) is 29.0 Å². The van der Waals surface area contributed by atoms with Crippen LogP contribution in [0.4, 0.5) is 18.9 Å². The lowest BCUT2D eigenvalue weighted by molar-refractivity contribution is -0.384. The summed E-state index contributed by atoms with van der Waals surface area (Å²) in [7, 11) is 0. The lowest BCUT2D eigenvalue weighted by Crippen LogP contribution is -2.32. The van der Waals surface area contributed by atoms with Crippen molar-refractivity contribution in [2.45, 2.75) is 29.9 Å². The molecule has 2 aromatic rings. The number of nitrogens with one attached hydrogen (secondary N) is 1. The smallest absolute Gasteiger partial charge is 0.406 e. The summed E-state index contributed by atoms with van der Waals surface area (Å²) in [5, 5.41) is 13.0. The maximum atomic E-state index is 12.1. The van der Waals surface area contributed by atoms with Gasteiger partial charge in [0, 0.05) is 23.6 Å². The van der Waals surface area contributed by atoms with E-state index in [0.717, 1.165) is 10.5 Å². The fraction of sp³-hybridized carbons (Fsp3) is 0.278. The third kappa shape index (κ3) is 7.10. The Morgan fingerprint density at radius 2 is 1.79 bits per heavy atom. The first-order chi connectivity index (χ1) is 13.1. The predicted octanol–water partition coefficient (Wildman–Crippen LogP) is 4.33. The Bertz CT molecular complexity index is 811. The number of halogens is 3. The number of hydrogen-bond acceptors (Lipinski definition) is 5. The van der Waals surface area contributed by atoms with Gasteiger partial charge < -0.3 is 10.1 Å². The average Bonchev–Trinajstić information content (AvgIpc) is 2.62. The zero-order chi connectivity index (χ0) is 20.7. The summed E-state index contributed by atoms with van der Waals surface area (Å²) < 4.78 is 40.2. The molecule has 0 spiro atoms. The minimum absolute atomic E-state index is 0.0203. The highest BCUT2D eigenvalue weighted by molar-refractivity contribution is 8.00. The van der Waals surface area contributed by atoms with Crippen LogP contribution in [0.5, 0.6) is 5.75 Å². The second-order valence-electron chi connectivity index (χ2n) is 5.74. The zero-order valence-electron chi connectivity index (χ0n) is 14.7. The van der Waals surface area contributed by atoms with Crippen LogP contribution in [0, 0.1) is 10.1 Å². The van der Waals surface area contributed by atoms with E-state index in [1.807, 2.05) is 0 Å². The second kappa shape index (κ2) is 9.45. The van der Waals surface area contributed by atoms with Crippen molar-refractivity contribution in [1.29, 1.82) is 0 Å². The molecule has 0 saturated carbocycles. The van der Waals surface area contributed by atoms with E-state index in [2.05, 4.69) is 10.1 Å². The van der Waals surface area contributed by atoms with Crippen LogP contribution in [0.1, 0.15) is 12.5 Å². The van der Waals surface area contributed by atoms with Gasteiger partial charge in [-0.1, -0.05) is 12.1 Å². The molecule has 0 aliphatic heterocycles. The fourth-order valence-electron chi connectivity index (χ4n) is 2.24. The molecule has 0 aliphatic rings. The highest BCUT2D eigenvalue weighted by Crippen LogP contribution is 2.25. The van der Waals surface area contributed by atoms with E-state index in [1.165, 1.54) is 48.2 Å². The van der Waals surface area contributed by atoms with Crippen molar-refractivity contribution in [3.63, 3.8) is 0 Å². The molecule has 2 rings (SSSR count). The monoisotopic (exact) mass is 414 g/mol. The van der Waals surface area contributed by atoms with Gasteiger partial charge in [-0.15, -0.1) is 24.9 Å². The minimum Gasteiger partial charge on any atom is -0.406 e. The summed E-state index contributed by atoms with van der Waals surface area (Å²) in [6, 6.07) is 11.4. The first-order valence-corrected chi connectivity index (χ1v) is 9.05. The van der Waals surface area contributed by atoms with Gasteiger partial charge >= 0.3 is 6.36 Å². The predicted molar refractivity (Wildman–Crippen MR) is 98.3 cm³/mol. The molecule has 150 valence electrons. The maximum absolute atomic E-state index is 12.1. The molecule has 1 unspecified atom stereocenters. The Hall–Kier alpha value is -2.75. The van der Waals surface area contributed by atoms with Gasteiger partial charge in [0.05, 0.1) is 10.2 Å². The van der Waals surface area contributed by atoms with Gasteiger partial charge in [0.15, 0.2) is 0 Å². The Morgan fingerprint density at radius 1 is 1.18 bits per heavy atom. The van der Waals surface area contributed by atoms with Gasteiger partial charge in [0.25, 0.3) is 5.69 Å². The number of carbonyl (C=O) groups excluding carboxylic acids is 1. The van der Waals surface area contributed by atoms with Gasteiger partial charge in [-0.2, -0.15) is 0 Å². The SMILES string of the molecule is CC(Sc1ccc([N+](=O)[O-])cc1)C(=O)NCCc1ccc(OC(F)(F)F)cc1. The molecule has 0 saturated heterocycles. The highest BCUT2D eigenvalue weighted by Gasteiger charge is 2.30. The molecule has 0 bridgehead atoms.